The summed E-state index contributed by atoms with van der Waals surface area (Å²) in [5.41, 5.74) is 3.37. The van der Waals surface area contributed by atoms with Gasteiger partial charge in [0.15, 0.2) is 0 Å². The molecule has 0 saturated carbocycles. The maximum absolute atomic E-state index is 12.8. The van der Waals surface area contributed by atoms with Gasteiger partial charge in [0.05, 0.1) is 12.2 Å². The number of benzene rings is 1. The normalized spacial score (nSPS) is 21.8. The quantitative estimate of drug-likeness (QED) is 0.886. The average Bonchev–Trinajstić information content (AvgIpc) is 2.45. The van der Waals surface area contributed by atoms with E-state index in [2.05, 4.69) is 51.2 Å². The number of hydrogen-bond acceptors (Lipinski definition) is 2. The lowest BCUT2D eigenvalue weighted by Crippen LogP contribution is -2.49. The van der Waals surface area contributed by atoms with E-state index in [9.17, 15) is 4.79 Å². The first-order chi connectivity index (χ1) is 10.8. The van der Waals surface area contributed by atoms with Crippen LogP contribution in [0, 0.1) is 0 Å². The third kappa shape index (κ3) is 4.25. The van der Waals surface area contributed by atoms with Gasteiger partial charge in [-0.25, -0.2) is 4.79 Å². The smallest absolute Gasteiger partial charge is 0.322 e. The molecule has 2 unspecified atom stereocenters. The monoisotopic (exact) mass is 318 g/mol. The second kappa shape index (κ2) is 7.35. The van der Waals surface area contributed by atoms with Gasteiger partial charge in [-0.2, -0.15) is 0 Å². The SMILES string of the molecule is CC1CN(C(=O)Nc2c(C(C)C)cccc2C(C)C)CC(C)O1. The molecule has 2 amide bonds. The highest BCUT2D eigenvalue weighted by Crippen LogP contribution is 2.32. The van der Waals surface area contributed by atoms with E-state index in [-0.39, 0.29) is 18.2 Å². The molecule has 1 aliphatic rings. The Kier molecular flexibility index (Phi) is 5.69. The van der Waals surface area contributed by atoms with E-state index in [4.69, 9.17) is 4.74 Å². The maximum atomic E-state index is 12.8. The molecule has 1 N–H and O–H groups in total. The molecule has 128 valence electrons. The van der Waals surface area contributed by atoms with Crippen LogP contribution >= 0.6 is 0 Å². The van der Waals surface area contributed by atoms with Gasteiger partial charge in [0, 0.05) is 18.8 Å². The molecule has 0 bridgehead atoms. The molecule has 2 atom stereocenters. The molecule has 0 aromatic heterocycles. The lowest BCUT2D eigenvalue weighted by molar-refractivity contribution is -0.0530. The molecule has 4 nitrogen and oxygen atoms in total. The highest BCUT2D eigenvalue weighted by molar-refractivity contribution is 5.91. The Morgan fingerprint density at radius 1 is 1.09 bits per heavy atom. The summed E-state index contributed by atoms with van der Waals surface area (Å²) in [7, 11) is 0. The summed E-state index contributed by atoms with van der Waals surface area (Å²) < 4.78 is 5.72. The van der Waals surface area contributed by atoms with Crippen LogP contribution in [0.2, 0.25) is 0 Å². The van der Waals surface area contributed by atoms with E-state index in [1.165, 1.54) is 11.1 Å². The molecule has 1 saturated heterocycles. The van der Waals surface area contributed by atoms with Crippen molar-refractivity contribution < 1.29 is 9.53 Å². The van der Waals surface area contributed by atoms with E-state index >= 15 is 0 Å². The molecular formula is C19H30N2O2. The largest absolute Gasteiger partial charge is 0.372 e. The maximum Gasteiger partial charge on any atom is 0.322 e. The number of nitrogens with one attached hydrogen (secondary N) is 1. The van der Waals surface area contributed by atoms with Crippen molar-refractivity contribution in [1.82, 2.24) is 4.90 Å². The Morgan fingerprint density at radius 2 is 1.57 bits per heavy atom. The first kappa shape index (κ1) is 17.8. The number of amides is 2. The summed E-state index contributed by atoms with van der Waals surface area (Å²) in [6.45, 7) is 13.9. The van der Waals surface area contributed by atoms with Gasteiger partial charge in [-0.1, -0.05) is 45.9 Å². The van der Waals surface area contributed by atoms with Gasteiger partial charge >= 0.3 is 6.03 Å². The number of ether oxygens (including phenoxy) is 1. The molecule has 1 aliphatic heterocycles. The summed E-state index contributed by atoms with van der Waals surface area (Å²) in [6.07, 6.45) is 0.156. The van der Waals surface area contributed by atoms with Gasteiger partial charge in [0.1, 0.15) is 0 Å². The molecule has 2 rings (SSSR count). The van der Waals surface area contributed by atoms with Crippen LogP contribution in [0.15, 0.2) is 18.2 Å². The van der Waals surface area contributed by atoms with Crippen LogP contribution < -0.4 is 5.32 Å². The standard InChI is InChI=1S/C19H30N2O2/c1-12(2)16-8-7-9-17(13(3)4)18(16)20-19(22)21-10-14(5)23-15(6)11-21/h7-9,12-15H,10-11H2,1-6H3,(H,20,22). The zero-order chi connectivity index (χ0) is 17.1. The molecule has 0 aliphatic carbocycles. The topological polar surface area (TPSA) is 41.6 Å². The van der Waals surface area contributed by atoms with E-state index in [1.807, 2.05) is 18.7 Å². The summed E-state index contributed by atoms with van der Waals surface area (Å²) in [5.74, 6) is 0.734. The molecule has 23 heavy (non-hydrogen) atoms. The number of hydrogen-bond donors (Lipinski definition) is 1. The molecule has 1 heterocycles. The van der Waals surface area contributed by atoms with Crippen LogP contribution in [0.4, 0.5) is 10.5 Å². The summed E-state index contributed by atoms with van der Waals surface area (Å²) in [4.78, 5) is 14.6. The minimum atomic E-state index is -0.0259. The zero-order valence-corrected chi connectivity index (χ0v) is 15.2. The lowest BCUT2D eigenvalue weighted by Gasteiger charge is -2.35. The number of para-hydroxylation sites is 1. The van der Waals surface area contributed by atoms with Crippen molar-refractivity contribution in [3.8, 4) is 0 Å². The van der Waals surface area contributed by atoms with Gasteiger partial charge in [-0.05, 0) is 36.8 Å². The zero-order valence-electron chi connectivity index (χ0n) is 15.2. The number of morpholine rings is 1. The van der Waals surface area contributed by atoms with Crippen LogP contribution in [0.3, 0.4) is 0 Å². The number of carbonyl (C=O) groups is 1. The van der Waals surface area contributed by atoms with E-state index < -0.39 is 0 Å². The van der Waals surface area contributed by atoms with Gasteiger partial charge in [0.2, 0.25) is 0 Å². The molecule has 0 spiro atoms. The summed E-state index contributed by atoms with van der Waals surface area (Å²) in [6, 6.07) is 6.27. The molecule has 1 aromatic rings. The number of nitrogens with zero attached hydrogens (tertiary/aromatic N) is 1. The minimum absolute atomic E-state index is 0.0259. The van der Waals surface area contributed by atoms with Crippen LogP contribution in [-0.2, 0) is 4.74 Å². The van der Waals surface area contributed by atoms with Crippen molar-refractivity contribution in [3.63, 3.8) is 0 Å². The first-order valence-electron chi connectivity index (χ1n) is 8.63. The lowest BCUT2D eigenvalue weighted by atomic mass is 9.93. The molecular weight excluding hydrogens is 288 g/mol. The number of anilines is 1. The Balaban J connectivity index is 2.26. The predicted octanol–water partition coefficient (Wildman–Crippen LogP) is 4.57. The fraction of sp³-hybridized carbons (Fsp3) is 0.632. The Bertz CT molecular complexity index is 518. The van der Waals surface area contributed by atoms with Crippen molar-refractivity contribution in [2.45, 2.75) is 65.6 Å². The van der Waals surface area contributed by atoms with Gasteiger partial charge in [-0.15, -0.1) is 0 Å². The van der Waals surface area contributed by atoms with Crippen molar-refractivity contribution in [3.05, 3.63) is 29.3 Å². The van der Waals surface area contributed by atoms with E-state index in [0.717, 1.165) is 5.69 Å². The van der Waals surface area contributed by atoms with Crippen molar-refractivity contribution in [2.24, 2.45) is 0 Å². The Labute approximate surface area is 140 Å². The van der Waals surface area contributed by atoms with Gasteiger partial charge in [-0.3, -0.25) is 0 Å². The van der Waals surface area contributed by atoms with Crippen molar-refractivity contribution in [2.75, 3.05) is 18.4 Å². The van der Waals surface area contributed by atoms with E-state index in [1.54, 1.807) is 0 Å². The molecule has 1 fully saturated rings. The Hall–Kier alpha value is -1.55. The van der Waals surface area contributed by atoms with Gasteiger partial charge in [0.25, 0.3) is 0 Å². The van der Waals surface area contributed by atoms with Crippen molar-refractivity contribution >= 4 is 11.7 Å². The van der Waals surface area contributed by atoms with Crippen LogP contribution in [0.25, 0.3) is 0 Å². The van der Waals surface area contributed by atoms with Crippen LogP contribution in [-0.4, -0.2) is 36.2 Å². The Morgan fingerprint density at radius 3 is 2.00 bits per heavy atom. The predicted molar refractivity (Wildman–Crippen MR) is 95.2 cm³/mol. The molecule has 4 heteroatoms. The average molecular weight is 318 g/mol. The second-order valence-electron chi connectivity index (χ2n) is 7.21. The third-order valence-electron chi connectivity index (χ3n) is 4.31. The third-order valence-corrected chi connectivity index (χ3v) is 4.31. The highest BCUT2D eigenvalue weighted by Gasteiger charge is 2.27. The van der Waals surface area contributed by atoms with Crippen LogP contribution in [0.1, 0.15) is 64.5 Å². The summed E-state index contributed by atoms with van der Waals surface area (Å²) in [5, 5.41) is 3.18. The number of urea groups is 1. The van der Waals surface area contributed by atoms with E-state index in [0.29, 0.717) is 24.9 Å². The fourth-order valence-electron chi connectivity index (χ4n) is 3.23. The molecule has 0 radical (unpaired) electrons. The highest BCUT2D eigenvalue weighted by atomic mass is 16.5. The summed E-state index contributed by atoms with van der Waals surface area (Å²) >= 11 is 0. The minimum Gasteiger partial charge on any atom is -0.372 e. The van der Waals surface area contributed by atoms with Crippen molar-refractivity contribution in [1.29, 1.82) is 0 Å². The first-order valence-corrected chi connectivity index (χ1v) is 8.63. The molecule has 1 aromatic carbocycles. The second-order valence-corrected chi connectivity index (χ2v) is 7.21. The fourth-order valence-corrected chi connectivity index (χ4v) is 3.23. The van der Waals surface area contributed by atoms with Gasteiger partial charge < -0.3 is 15.0 Å². The number of rotatable bonds is 3. The van der Waals surface area contributed by atoms with Crippen LogP contribution in [0.5, 0.6) is 0 Å². The number of carbonyl (C=O) groups excluding carboxylic acids is 1.